The third kappa shape index (κ3) is 2.70. The Morgan fingerprint density at radius 1 is 1.06 bits per heavy atom. The number of nitroso groups, excluding NO2 is 1. The van der Waals surface area contributed by atoms with E-state index in [1.54, 1.807) is 12.3 Å². The highest BCUT2D eigenvalue weighted by Crippen LogP contribution is 2.10. The number of furan rings is 1. The van der Waals surface area contributed by atoms with E-state index in [0.717, 1.165) is 11.3 Å². The fraction of sp³-hybridized carbons (Fsp3) is 0.167. The summed E-state index contributed by atoms with van der Waals surface area (Å²) in [5.74, 6) is 0.732. The minimum atomic E-state index is 0.394. The second-order valence-electron chi connectivity index (χ2n) is 3.47. The van der Waals surface area contributed by atoms with Crippen LogP contribution in [0.2, 0.25) is 0 Å². The normalized spacial score (nSPS) is 10.0. The minimum absolute atomic E-state index is 0.394. The van der Waals surface area contributed by atoms with Crippen LogP contribution < -0.4 is 0 Å². The monoisotopic (exact) mass is 216 g/mol. The maximum Gasteiger partial charge on any atom is 0.124 e. The summed E-state index contributed by atoms with van der Waals surface area (Å²) in [6, 6.07) is 13.3. The van der Waals surface area contributed by atoms with Crippen molar-refractivity contribution in [1.29, 1.82) is 0 Å². The molecule has 0 bridgehead atoms. The van der Waals surface area contributed by atoms with Gasteiger partial charge < -0.3 is 4.42 Å². The third-order valence-electron chi connectivity index (χ3n) is 2.24. The molecule has 0 saturated carbocycles. The summed E-state index contributed by atoms with van der Waals surface area (Å²) in [6.45, 7) is 0.885. The van der Waals surface area contributed by atoms with Gasteiger partial charge in [0.15, 0.2) is 0 Å². The number of benzene rings is 1. The number of rotatable bonds is 5. The lowest BCUT2D eigenvalue weighted by Crippen LogP contribution is -2.15. The van der Waals surface area contributed by atoms with Gasteiger partial charge in [0.25, 0.3) is 0 Å². The Kier molecular flexibility index (Phi) is 3.33. The summed E-state index contributed by atoms with van der Waals surface area (Å²) in [6.07, 6.45) is 1.58. The van der Waals surface area contributed by atoms with Gasteiger partial charge in [0.2, 0.25) is 0 Å². The molecule has 0 saturated heterocycles. The van der Waals surface area contributed by atoms with Gasteiger partial charge in [-0.15, -0.1) is 4.91 Å². The molecule has 0 amide bonds. The van der Waals surface area contributed by atoms with Crippen LogP contribution in [0.15, 0.2) is 58.4 Å². The van der Waals surface area contributed by atoms with Gasteiger partial charge in [-0.2, -0.15) is 0 Å². The summed E-state index contributed by atoms with van der Waals surface area (Å²) < 4.78 is 5.16. The molecule has 0 N–H and O–H groups in total. The Morgan fingerprint density at radius 2 is 1.88 bits per heavy atom. The molecule has 0 aliphatic rings. The van der Waals surface area contributed by atoms with Gasteiger partial charge in [0.05, 0.1) is 24.6 Å². The van der Waals surface area contributed by atoms with Crippen molar-refractivity contribution in [3.63, 3.8) is 0 Å². The molecule has 4 heteroatoms. The molecular weight excluding hydrogens is 204 g/mol. The summed E-state index contributed by atoms with van der Waals surface area (Å²) >= 11 is 0. The minimum Gasteiger partial charge on any atom is -0.467 e. The Labute approximate surface area is 93.4 Å². The maximum atomic E-state index is 10.7. The first kappa shape index (κ1) is 10.4. The zero-order valence-corrected chi connectivity index (χ0v) is 8.74. The molecule has 1 aromatic heterocycles. The van der Waals surface area contributed by atoms with Crippen LogP contribution in [-0.4, -0.2) is 5.01 Å². The van der Waals surface area contributed by atoms with E-state index in [2.05, 4.69) is 5.29 Å². The van der Waals surface area contributed by atoms with Crippen LogP contribution in [0, 0.1) is 4.91 Å². The van der Waals surface area contributed by atoms with Crippen molar-refractivity contribution in [2.45, 2.75) is 13.1 Å². The molecule has 2 rings (SSSR count). The standard InChI is InChI=1S/C12H12N2O2/c15-13-14(10-12-7-4-8-16-12)9-11-5-2-1-3-6-11/h1-8H,9-10H2. The van der Waals surface area contributed by atoms with Crippen LogP contribution in [0.25, 0.3) is 0 Å². The first-order valence-corrected chi connectivity index (χ1v) is 5.03. The molecule has 82 valence electrons. The van der Waals surface area contributed by atoms with Crippen molar-refractivity contribution in [2.75, 3.05) is 0 Å². The highest BCUT2D eigenvalue weighted by Gasteiger charge is 2.06. The van der Waals surface area contributed by atoms with E-state index in [1.165, 1.54) is 5.01 Å². The summed E-state index contributed by atoms with van der Waals surface area (Å²) in [7, 11) is 0. The van der Waals surface area contributed by atoms with Crippen LogP contribution in [0.5, 0.6) is 0 Å². The largest absolute Gasteiger partial charge is 0.467 e. The Morgan fingerprint density at radius 3 is 2.50 bits per heavy atom. The number of hydrogen-bond acceptors (Lipinski definition) is 3. The first-order valence-electron chi connectivity index (χ1n) is 5.03. The lowest BCUT2D eigenvalue weighted by molar-refractivity contribution is 0.243. The van der Waals surface area contributed by atoms with Crippen molar-refractivity contribution in [1.82, 2.24) is 5.01 Å². The topological polar surface area (TPSA) is 45.8 Å². The number of nitrogens with zero attached hydrogens (tertiary/aromatic N) is 2. The first-order chi connectivity index (χ1) is 7.88. The molecule has 0 aliphatic heterocycles. The van der Waals surface area contributed by atoms with E-state index < -0.39 is 0 Å². The average molecular weight is 216 g/mol. The van der Waals surface area contributed by atoms with Crippen molar-refractivity contribution in [3.05, 3.63) is 65.0 Å². The predicted molar refractivity (Wildman–Crippen MR) is 60.2 cm³/mol. The molecule has 2 aromatic rings. The quantitative estimate of drug-likeness (QED) is 0.570. The smallest absolute Gasteiger partial charge is 0.124 e. The molecule has 0 radical (unpaired) electrons. The summed E-state index contributed by atoms with van der Waals surface area (Å²) in [5.41, 5.74) is 1.05. The lowest BCUT2D eigenvalue weighted by atomic mass is 10.2. The van der Waals surface area contributed by atoms with E-state index in [1.807, 2.05) is 36.4 Å². The zero-order valence-electron chi connectivity index (χ0n) is 8.74. The molecule has 1 heterocycles. The maximum absolute atomic E-state index is 10.7. The van der Waals surface area contributed by atoms with E-state index in [9.17, 15) is 4.91 Å². The second kappa shape index (κ2) is 5.11. The van der Waals surface area contributed by atoms with Crippen molar-refractivity contribution >= 4 is 0 Å². The predicted octanol–water partition coefficient (Wildman–Crippen LogP) is 2.96. The Bertz CT molecular complexity index is 426. The van der Waals surface area contributed by atoms with Gasteiger partial charge in [-0.3, -0.25) is 0 Å². The fourth-order valence-corrected chi connectivity index (χ4v) is 1.49. The number of hydrogen-bond donors (Lipinski definition) is 0. The van der Waals surface area contributed by atoms with Gasteiger partial charge in [-0.1, -0.05) is 30.3 Å². The fourth-order valence-electron chi connectivity index (χ4n) is 1.49. The van der Waals surface area contributed by atoms with Crippen molar-refractivity contribution in [3.8, 4) is 0 Å². The summed E-state index contributed by atoms with van der Waals surface area (Å²) in [4.78, 5) is 10.7. The SMILES string of the molecule is O=NN(Cc1ccccc1)Cc1ccco1. The molecule has 0 spiro atoms. The van der Waals surface area contributed by atoms with Crippen molar-refractivity contribution < 1.29 is 4.42 Å². The summed E-state index contributed by atoms with van der Waals surface area (Å²) in [5, 5.41) is 4.41. The van der Waals surface area contributed by atoms with Crippen LogP contribution in [-0.2, 0) is 13.1 Å². The Hall–Kier alpha value is -2.10. The molecule has 16 heavy (non-hydrogen) atoms. The van der Waals surface area contributed by atoms with Gasteiger partial charge in [-0.05, 0) is 17.7 Å². The van der Waals surface area contributed by atoms with E-state index >= 15 is 0 Å². The van der Waals surface area contributed by atoms with Gasteiger partial charge in [0.1, 0.15) is 5.76 Å². The zero-order chi connectivity index (χ0) is 11.2. The lowest BCUT2D eigenvalue weighted by Gasteiger charge is -2.13. The molecule has 1 aromatic carbocycles. The van der Waals surface area contributed by atoms with Crippen LogP contribution >= 0.6 is 0 Å². The molecule has 4 nitrogen and oxygen atoms in total. The van der Waals surface area contributed by atoms with Gasteiger partial charge >= 0.3 is 0 Å². The van der Waals surface area contributed by atoms with Crippen LogP contribution in [0.1, 0.15) is 11.3 Å². The van der Waals surface area contributed by atoms with Crippen molar-refractivity contribution in [2.24, 2.45) is 5.29 Å². The van der Waals surface area contributed by atoms with E-state index in [0.29, 0.717) is 13.1 Å². The molecule has 0 unspecified atom stereocenters. The van der Waals surface area contributed by atoms with Crippen LogP contribution in [0.3, 0.4) is 0 Å². The average Bonchev–Trinajstić information content (AvgIpc) is 2.82. The molecule has 0 atom stereocenters. The molecular formula is C12H12N2O2. The third-order valence-corrected chi connectivity index (χ3v) is 2.24. The Balaban J connectivity index is 1.99. The van der Waals surface area contributed by atoms with E-state index in [4.69, 9.17) is 4.42 Å². The van der Waals surface area contributed by atoms with Crippen LogP contribution in [0.4, 0.5) is 0 Å². The van der Waals surface area contributed by atoms with Gasteiger partial charge in [0, 0.05) is 0 Å². The van der Waals surface area contributed by atoms with E-state index in [-0.39, 0.29) is 0 Å². The molecule has 0 aliphatic carbocycles. The highest BCUT2D eigenvalue weighted by atomic mass is 16.3. The highest BCUT2D eigenvalue weighted by molar-refractivity contribution is 5.14. The molecule has 0 fully saturated rings. The van der Waals surface area contributed by atoms with Gasteiger partial charge in [-0.25, -0.2) is 5.01 Å². The second-order valence-corrected chi connectivity index (χ2v) is 3.47.